The zero-order valence-electron chi connectivity index (χ0n) is 7.77. The van der Waals surface area contributed by atoms with Crippen LogP contribution < -0.4 is 11.6 Å². The number of hydrazone groups is 1. The molecule has 0 aliphatic heterocycles. The van der Waals surface area contributed by atoms with Crippen molar-refractivity contribution < 1.29 is 4.39 Å². The number of hydrogen-bond acceptors (Lipinski definition) is 4. The molecule has 0 radical (unpaired) electrons. The van der Waals surface area contributed by atoms with Crippen molar-refractivity contribution in [1.29, 1.82) is 5.26 Å². The quantitative estimate of drug-likeness (QED) is 0.341. The van der Waals surface area contributed by atoms with E-state index in [9.17, 15) is 4.39 Å². The van der Waals surface area contributed by atoms with E-state index in [1.165, 1.54) is 23.9 Å². The molecular formula is C9H9FN4S. The second kappa shape index (κ2) is 5.22. The summed E-state index contributed by atoms with van der Waals surface area (Å²) in [6.07, 6.45) is 0. The van der Waals surface area contributed by atoms with Crippen molar-refractivity contribution in [3.05, 3.63) is 35.1 Å². The normalized spacial score (nSPS) is 11.1. The van der Waals surface area contributed by atoms with E-state index in [0.29, 0.717) is 5.75 Å². The maximum Gasteiger partial charge on any atom is 0.177 e. The van der Waals surface area contributed by atoms with E-state index in [2.05, 4.69) is 5.10 Å². The first-order valence-corrected chi connectivity index (χ1v) is 5.00. The molecule has 0 aliphatic carbocycles. The van der Waals surface area contributed by atoms with Crippen LogP contribution in [-0.2, 0) is 5.75 Å². The average Bonchev–Trinajstić information content (AvgIpc) is 2.27. The summed E-state index contributed by atoms with van der Waals surface area (Å²) < 4.78 is 12.9. The third-order valence-corrected chi connectivity index (χ3v) is 2.54. The highest BCUT2D eigenvalue weighted by molar-refractivity contribution is 8.13. The molecule has 6 heteroatoms. The second-order valence-electron chi connectivity index (χ2n) is 2.68. The van der Waals surface area contributed by atoms with Gasteiger partial charge in [-0.1, -0.05) is 17.8 Å². The lowest BCUT2D eigenvalue weighted by molar-refractivity contribution is 0.623. The van der Waals surface area contributed by atoms with Gasteiger partial charge >= 0.3 is 0 Å². The highest BCUT2D eigenvalue weighted by Gasteiger charge is 2.03. The van der Waals surface area contributed by atoms with E-state index in [4.69, 9.17) is 16.8 Å². The number of rotatable bonds is 2. The number of nitriles is 1. The molecule has 1 aromatic rings. The van der Waals surface area contributed by atoms with Gasteiger partial charge in [-0.05, 0) is 17.7 Å². The van der Waals surface area contributed by atoms with Crippen molar-refractivity contribution >= 4 is 16.9 Å². The van der Waals surface area contributed by atoms with Crippen molar-refractivity contribution in [2.24, 2.45) is 16.7 Å². The Bertz CT molecular complexity index is 425. The van der Waals surface area contributed by atoms with Gasteiger partial charge in [0.05, 0.1) is 5.56 Å². The Morgan fingerprint density at radius 2 is 2.33 bits per heavy atom. The second-order valence-corrected chi connectivity index (χ2v) is 3.68. The van der Waals surface area contributed by atoms with Crippen molar-refractivity contribution in [2.75, 3.05) is 0 Å². The van der Waals surface area contributed by atoms with Crippen LogP contribution in [0.3, 0.4) is 0 Å². The highest BCUT2D eigenvalue weighted by Crippen LogP contribution is 2.15. The molecular weight excluding hydrogens is 215 g/mol. The summed E-state index contributed by atoms with van der Waals surface area (Å²) in [5.41, 5.74) is 6.19. The summed E-state index contributed by atoms with van der Waals surface area (Å²) in [5.74, 6) is 4.93. The number of amidine groups is 1. The Hall–Kier alpha value is -1.74. The minimum absolute atomic E-state index is 0.0244. The number of hydrogen-bond donors (Lipinski definition) is 2. The first kappa shape index (κ1) is 11.3. The van der Waals surface area contributed by atoms with Crippen LogP contribution in [0.2, 0.25) is 0 Å². The molecule has 0 unspecified atom stereocenters. The zero-order chi connectivity index (χ0) is 11.3. The Morgan fingerprint density at radius 3 is 2.93 bits per heavy atom. The molecule has 78 valence electrons. The van der Waals surface area contributed by atoms with E-state index < -0.39 is 5.82 Å². The molecule has 4 nitrogen and oxygen atoms in total. The lowest BCUT2D eigenvalue weighted by Crippen LogP contribution is -2.09. The summed E-state index contributed by atoms with van der Waals surface area (Å²) >= 11 is 1.23. The van der Waals surface area contributed by atoms with Crippen molar-refractivity contribution in [1.82, 2.24) is 0 Å². The molecule has 0 aromatic heterocycles. The van der Waals surface area contributed by atoms with Crippen LogP contribution in [0.15, 0.2) is 23.3 Å². The molecule has 0 atom stereocenters. The summed E-state index contributed by atoms with van der Waals surface area (Å²) in [7, 11) is 0. The fraction of sp³-hybridized carbons (Fsp3) is 0.111. The van der Waals surface area contributed by atoms with Crippen LogP contribution in [0.25, 0.3) is 0 Å². The maximum absolute atomic E-state index is 12.9. The minimum atomic E-state index is -0.522. The van der Waals surface area contributed by atoms with Crippen LogP contribution in [-0.4, -0.2) is 5.17 Å². The lowest BCUT2D eigenvalue weighted by Gasteiger charge is -2.01. The summed E-state index contributed by atoms with van der Waals surface area (Å²) in [6.45, 7) is 0. The summed E-state index contributed by atoms with van der Waals surface area (Å²) in [4.78, 5) is 0. The van der Waals surface area contributed by atoms with E-state index in [0.717, 1.165) is 5.56 Å². The lowest BCUT2D eigenvalue weighted by atomic mass is 10.1. The Morgan fingerprint density at radius 1 is 1.60 bits per heavy atom. The van der Waals surface area contributed by atoms with Gasteiger partial charge in [0.15, 0.2) is 5.17 Å². The third kappa shape index (κ3) is 3.14. The molecule has 0 fully saturated rings. The fourth-order valence-electron chi connectivity index (χ4n) is 0.942. The van der Waals surface area contributed by atoms with E-state index in [1.54, 1.807) is 12.1 Å². The standard InChI is InChI=1S/C9H9FN4S/c10-8-2-1-6(3-7(8)4-11)5-15-9(12)14-13/h1-3H,5,13H2,(H2,12,14). The molecule has 0 saturated heterocycles. The van der Waals surface area contributed by atoms with Crippen LogP contribution in [0.1, 0.15) is 11.1 Å². The average molecular weight is 224 g/mol. The first-order valence-electron chi connectivity index (χ1n) is 4.02. The van der Waals surface area contributed by atoms with Crippen LogP contribution in [0.4, 0.5) is 4.39 Å². The van der Waals surface area contributed by atoms with Gasteiger partial charge < -0.3 is 11.6 Å². The van der Waals surface area contributed by atoms with Crippen LogP contribution in [0.5, 0.6) is 0 Å². The molecule has 0 saturated carbocycles. The number of benzene rings is 1. The first-order chi connectivity index (χ1) is 7.17. The smallest absolute Gasteiger partial charge is 0.177 e. The van der Waals surface area contributed by atoms with Crippen LogP contribution >= 0.6 is 11.8 Å². The number of thioether (sulfide) groups is 1. The van der Waals surface area contributed by atoms with Crippen molar-refractivity contribution in [3.8, 4) is 6.07 Å². The van der Waals surface area contributed by atoms with Crippen LogP contribution in [0, 0.1) is 17.1 Å². The Kier molecular flexibility index (Phi) is 3.94. The Balaban J connectivity index is 2.76. The van der Waals surface area contributed by atoms with Gasteiger partial charge in [0, 0.05) is 5.75 Å². The topological polar surface area (TPSA) is 88.2 Å². The van der Waals surface area contributed by atoms with E-state index in [1.807, 2.05) is 0 Å². The van der Waals surface area contributed by atoms with Gasteiger partial charge in [0.1, 0.15) is 11.9 Å². The molecule has 15 heavy (non-hydrogen) atoms. The molecule has 0 spiro atoms. The third-order valence-electron chi connectivity index (χ3n) is 1.67. The molecule has 0 heterocycles. The van der Waals surface area contributed by atoms with E-state index >= 15 is 0 Å². The van der Waals surface area contributed by atoms with Crippen molar-refractivity contribution in [2.45, 2.75) is 5.75 Å². The fourth-order valence-corrected chi connectivity index (χ4v) is 1.51. The predicted molar refractivity (Wildman–Crippen MR) is 58.2 cm³/mol. The van der Waals surface area contributed by atoms with E-state index in [-0.39, 0.29) is 10.7 Å². The number of halogens is 1. The molecule has 1 rings (SSSR count). The Labute approximate surface area is 90.8 Å². The van der Waals surface area contributed by atoms with Gasteiger partial charge in [0.25, 0.3) is 0 Å². The summed E-state index contributed by atoms with van der Waals surface area (Å²) in [5, 5.41) is 12.1. The molecule has 1 aromatic carbocycles. The summed E-state index contributed by atoms with van der Waals surface area (Å²) in [6, 6.07) is 6.09. The van der Waals surface area contributed by atoms with Crippen molar-refractivity contribution in [3.63, 3.8) is 0 Å². The van der Waals surface area contributed by atoms with Gasteiger partial charge in [-0.25, -0.2) is 4.39 Å². The maximum atomic E-state index is 12.9. The largest absolute Gasteiger partial charge is 0.377 e. The molecule has 0 amide bonds. The SMILES string of the molecule is N#Cc1cc(CS/C(N)=N\N)ccc1F. The number of nitrogens with zero attached hydrogens (tertiary/aromatic N) is 2. The monoisotopic (exact) mass is 224 g/mol. The zero-order valence-corrected chi connectivity index (χ0v) is 8.59. The molecule has 0 aliphatic rings. The highest BCUT2D eigenvalue weighted by atomic mass is 32.2. The minimum Gasteiger partial charge on any atom is -0.377 e. The molecule has 0 bridgehead atoms. The van der Waals surface area contributed by atoms with Gasteiger partial charge in [-0.3, -0.25) is 0 Å². The van der Waals surface area contributed by atoms with Gasteiger partial charge in [0.2, 0.25) is 0 Å². The predicted octanol–water partition coefficient (Wildman–Crippen LogP) is 1.12. The van der Waals surface area contributed by atoms with Gasteiger partial charge in [-0.2, -0.15) is 10.4 Å². The van der Waals surface area contributed by atoms with Gasteiger partial charge in [-0.15, -0.1) is 0 Å². The number of nitrogens with two attached hydrogens (primary N) is 2. The molecule has 4 N–H and O–H groups in total.